The number of unbranched alkanes of at least 4 members (excludes halogenated alkanes) is 1. The minimum absolute atomic E-state index is 0.00464. The number of H-pyrrole nitrogens is 1. The van der Waals surface area contributed by atoms with Gasteiger partial charge in [-0.15, -0.1) is 0 Å². The van der Waals surface area contributed by atoms with Crippen molar-refractivity contribution < 1.29 is 27.9 Å². The average Bonchev–Trinajstić information content (AvgIpc) is 3.19. The number of aromatic amines is 1. The van der Waals surface area contributed by atoms with Crippen molar-refractivity contribution in [3.63, 3.8) is 0 Å². The zero-order valence-corrected chi connectivity index (χ0v) is 20.0. The highest BCUT2D eigenvalue weighted by Gasteiger charge is 2.33. The van der Waals surface area contributed by atoms with E-state index in [-0.39, 0.29) is 24.2 Å². The van der Waals surface area contributed by atoms with Crippen LogP contribution in [0.3, 0.4) is 0 Å². The maximum Gasteiger partial charge on any atom is 0.417 e. The van der Waals surface area contributed by atoms with E-state index >= 15 is 0 Å². The molecule has 0 spiro atoms. The number of anilines is 1. The molecule has 0 saturated carbocycles. The Morgan fingerprint density at radius 2 is 1.94 bits per heavy atom. The van der Waals surface area contributed by atoms with Gasteiger partial charge in [0.25, 0.3) is 5.91 Å². The van der Waals surface area contributed by atoms with Gasteiger partial charge in [-0.3, -0.25) is 4.79 Å². The largest absolute Gasteiger partial charge is 0.417 e. The molecule has 0 aliphatic heterocycles. The lowest BCUT2D eigenvalue weighted by Crippen LogP contribution is -2.41. The van der Waals surface area contributed by atoms with E-state index in [1.54, 1.807) is 12.1 Å². The molecule has 7 nitrogen and oxygen atoms in total. The molecule has 1 aliphatic rings. The highest BCUT2D eigenvalue weighted by atomic mass is 35.5. The van der Waals surface area contributed by atoms with Crippen LogP contribution >= 0.6 is 11.6 Å². The van der Waals surface area contributed by atoms with Crippen molar-refractivity contribution in [1.29, 1.82) is 0 Å². The Bertz CT molecular complexity index is 1280. The minimum Gasteiger partial charge on any atom is -0.396 e. The van der Waals surface area contributed by atoms with Crippen molar-refractivity contribution in [3.05, 3.63) is 63.8 Å². The standard InChI is InChI=1S/C25H26ClF3N4O3/c26-20-7-4-16(13-19(20)25(27,28)29)32-24(36)31-15-5-8-21-18(12-15)17-6-3-14(11-22(17)33-21)23(35)30-9-1-2-10-34/h3-4,6-7,11,13,15,33-34H,1-2,5,8-10,12H2,(H,30,35)(H2,31,32,36). The number of hydrogen-bond donors (Lipinski definition) is 5. The monoisotopic (exact) mass is 522 g/mol. The molecule has 3 amide bonds. The Morgan fingerprint density at radius 3 is 2.69 bits per heavy atom. The molecule has 1 aliphatic carbocycles. The normalized spacial score (nSPS) is 15.4. The van der Waals surface area contributed by atoms with Gasteiger partial charge in [0.05, 0.1) is 10.6 Å². The Hall–Kier alpha value is -3.24. The van der Waals surface area contributed by atoms with Gasteiger partial charge in [-0.1, -0.05) is 17.7 Å². The third kappa shape index (κ3) is 5.93. The van der Waals surface area contributed by atoms with Crippen molar-refractivity contribution >= 4 is 40.1 Å². The number of carbonyl (C=O) groups is 2. The molecule has 1 heterocycles. The lowest BCUT2D eigenvalue weighted by atomic mass is 9.91. The Kier molecular flexibility index (Phi) is 7.75. The van der Waals surface area contributed by atoms with Gasteiger partial charge in [0.15, 0.2) is 0 Å². The number of urea groups is 1. The van der Waals surface area contributed by atoms with Crippen LogP contribution in [-0.4, -0.2) is 41.2 Å². The van der Waals surface area contributed by atoms with Crippen molar-refractivity contribution in [2.45, 2.75) is 44.3 Å². The van der Waals surface area contributed by atoms with Crippen LogP contribution in [0.25, 0.3) is 10.9 Å². The maximum atomic E-state index is 13.1. The van der Waals surface area contributed by atoms with E-state index in [2.05, 4.69) is 20.9 Å². The molecule has 5 N–H and O–H groups in total. The van der Waals surface area contributed by atoms with Gasteiger partial charge in [-0.2, -0.15) is 13.2 Å². The minimum atomic E-state index is -4.62. The van der Waals surface area contributed by atoms with Crippen LogP contribution < -0.4 is 16.0 Å². The van der Waals surface area contributed by atoms with Crippen LogP contribution in [0.15, 0.2) is 36.4 Å². The van der Waals surface area contributed by atoms with E-state index in [4.69, 9.17) is 16.7 Å². The first-order chi connectivity index (χ1) is 17.2. The number of aliphatic hydroxyl groups excluding tert-OH is 1. The Balaban J connectivity index is 1.40. The van der Waals surface area contributed by atoms with Gasteiger partial charge < -0.3 is 26.0 Å². The predicted octanol–water partition coefficient (Wildman–Crippen LogP) is 5.02. The molecule has 36 heavy (non-hydrogen) atoms. The lowest BCUT2D eigenvalue weighted by molar-refractivity contribution is -0.137. The van der Waals surface area contributed by atoms with E-state index in [1.165, 1.54) is 6.07 Å². The third-order valence-electron chi connectivity index (χ3n) is 6.19. The summed E-state index contributed by atoms with van der Waals surface area (Å²) >= 11 is 5.64. The molecule has 0 radical (unpaired) electrons. The summed E-state index contributed by atoms with van der Waals surface area (Å²) in [5, 5.41) is 17.5. The van der Waals surface area contributed by atoms with E-state index in [1.807, 2.05) is 6.07 Å². The lowest BCUT2D eigenvalue weighted by Gasteiger charge is -2.24. The van der Waals surface area contributed by atoms with Crippen LogP contribution in [0.1, 0.15) is 46.4 Å². The first kappa shape index (κ1) is 25.8. The van der Waals surface area contributed by atoms with Gasteiger partial charge in [-0.05, 0) is 68.0 Å². The number of amides is 3. The fraction of sp³-hybridized carbons (Fsp3) is 0.360. The molecular formula is C25H26ClF3N4O3. The quantitative estimate of drug-likeness (QED) is 0.281. The zero-order valence-electron chi connectivity index (χ0n) is 19.3. The van der Waals surface area contributed by atoms with Crippen molar-refractivity contribution in [2.24, 2.45) is 0 Å². The fourth-order valence-corrected chi connectivity index (χ4v) is 4.63. The topological polar surface area (TPSA) is 106 Å². The number of benzene rings is 2. The van der Waals surface area contributed by atoms with Gasteiger partial charge >= 0.3 is 12.2 Å². The SMILES string of the molecule is O=C(Nc1ccc(Cl)c(C(F)(F)F)c1)NC1CCc2[nH]c3cc(C(=O)NCCCCO)ccc3c2C1. The zero-order chi connectivity index (χ0) is 25.9. The fourth-order valence-electron chi connectivity index (χ4n) is 4.40. The molecule has 1 aromatic heterocycles. The summed E-state index contributed by atoms with van der Waals surface area (Å²) in [6, 6.07) is 7.84. The number of alkyl halides is 3. The molecule has 2 aromatic carbocycles. The van der Waals surface area contributed by atoms with Crippen molar-refractivity contribution in [1.82, 2.24) is 15.6 Å². The number of rotatable bonds is 7. The third-order valence-corrected chi connectivity index (χ3v) is 6.51. The summed E-state index contributed by atoms with van der Waals surface area (Å²) in [5.41, 5.74) is 2.42. The van der Waals surface area contributed by atoms with E-state index in [9.17, 15) is 22.8 Å². The highest BCUT2D eigenvalue weighted by molar-refractivity contribution is 6.31. The van der Waals surface area contributed by atoms with Gasteiger partial charge in [0.1, 0.15) is 0 Å². The maximum absolute atomic E-state index is 13.1. The predicted molar refractivity (Wildman–Crippen MR) is 131 cm³/mol. The number of fused-ring (bicyclic) bond motifs is 3. The second-order valence-electron chi connectivity index (χ2n) is 8.76. The second kappa shape index (κ2) is 10.8. The summed E-state index contributed by atoms with van der Waals surface area (Å²) in [6.07, 6.45) is -1.42. The van der Waals surface area contributed by atoms with E-state index in [0.29, 0.717) is 44.2 Å². The Morgan fingerprint density at radius 1 is 1.14 bits per heavy atom. The smallest absolute Gasteiger partial charge is 0.396 e. The van der Waals surface area contributed by atoms with E-state index in [0.717, 1.165) is 34.3 Å². The summed E-state index contributed by atoms with van der Waals surface area (Å²) in [6.45, 7) is 0.578. The molecule has 0 saturated heterocycles. The van der Waals surface area contributed by atoms with Crippen LogP contribution in [0.5, 0.6) is 0 Å². The number of aliphatic hydroxyl groups is 1. The van der Waals surface area contributed by atoms with Gasteiger partial charge in [-0.25, -0.2) is 4.79 Å². The molecule has 1 unspecified atom stereocenters. The molecule has 0 fully saturated rings. The molecule has 1 atom stereocenters. The number of nitrogens with one attached hydrogen (secondary N) is 4. The van der Waals surface area contributed by atoms with E-state index < -0.39 is 22.8 Å². The number of aromatic nitrogens is 1. The summed E-state index contributed by atoms with van der Waals surface area (Å²) in [4.78, 5) is 28.3. The molecular weight excluding hydrogens is 497 g/mol. The molecule has 3 aromatic rings. The summed E-state index contributed by atoms with van der Waals surface area (Å²) in [7, 11) is 0. The van der Waals surface area contributed by atoms with Crippen LogP contribution in [0.4, 0.5) is 23.7 Å². The Labute approximate surface area is 210 Å². The summed E-state index contributed by atoms with van der Waals surface area (Å²) < 4.78 is 39.2. The summed E-state index contributed by atoms with van der Waals surface area (Å²) in [5.74, 6) is -0.186. The van der Waals surface area contributed by atoms with Crippen LogP contribution in [-0.2, 0) is 19.0 Å². The first-order valence-electron chi connectivity index (χ1n) is 11.6. The van der Waals surface area contributed by atoms with Crippen molar-refractivity contribution in [2.75, 3.05) is 18.5 Å². The first-order valence-corrected chi connectivity index (χ1v) is 12.0. The van der Waals surface area contributed by atoms with Crippen LogP contribution in [0, 0.1) is 0 Å². The van der Waals surface area contributed by atoms with Crippen LogP contribution in [0.2, 0.25) is 5.02 Å². The number of carbonyl (C=O) groups excluding carboxylic acids is 2. The molecule has 192 valence electrons. The highest BCUT2D eigenvalue weighted by Crippen LogP contribution is 2.36. The molecule has 4 rings (SSSR count). The second-order valence-corrected chi connectivity index (χ2v) is 9.17. The molecule has 11 heteroatoms. The number of halogens is 4. The molecule has 0 bridgehead atoms. The van der Waals surface area contributed by atoms with Crippen molar-refractivity contribution in [3.8, 4) is 0 Å². The average molecular weight is 523 g/mol. The van der Waals surface area contributed by atoms with Gasteiger partial charge in [0.2, 0.25) is 0 Å². The number of hydrogen-bond acceptors (Lipinski definition) is 3. The van der Waals surface area contributed by atoms with Gasteiger partial charge in [0, 0.05) is 47.0 Å². The number of aryl methyl sites for hydroxylation is 1.